The number of ether oxygens (including phenoxy) is 5. The van der Waals surface area contributed by atoms with Crippen molar-refractivity contribution in [3.8, 4) is 55.6 Å². The zero-order valence-corrected chi connectivity index (χ0v) is 67.8. The van der Waals surface area contributed by atoms with Gasteiger partial charge in [0.2, 0.25) is 15.9 Å². The summed E-state index contributed by atoms with van der Waals surface area (Å²) < 4.78 is 136. The molecule has 6 amide bonds. The predicted molar refractivity (Wildman–Crippen MR) is 444 cm³/mol. The number of cyclic esters (lactones) is 5. The maximum atomic E-state index is 14.6. The van der Waals surface area contributed by atoms with Crippen molar-refractivity contribution >= 4 is 96.9 Å². The minimum Gasteiger partial charge on any atom is -0.444 e. The van der Waals surface area contributed by atoms with Crippen molar-refractivity contribution in [3.63, 3.8) is 0 Å². The molecule has 27 nitrogen and oxygen atoms in total. The topological polar surface area (TPSA) is 328 Å². The fraction of sp³-hybridized carbons (Fsp3) is 0.241. The van der Waals surface area contributed by atoms with Crippen LogP contribution in [0.2, 0.25) is 0 Å². The van der Waals surface area contributed by atoms with Crippen LogP contribution in [0.25, 0.3) is 66.9 Å². The lowest BCUT2D eigenvalue weighted by Gasteiger charge is -2.14. The number of anilines is 5. The number of nitrogens with two attached hydrogens (primary N) is 2. The molecular weight excluding hydrogens is 1610 g/mol. The van der Waals surface area contributed by atoms with Crippen LogP contribution in [0.15, 0.2) is 223 Å². The fourth-order valence-electron chi connectivity index (χ4n) is 13.7. The van der Waals surface area contributed by atoms with Gasteiger partial charge in [-0.1, -0.05) is 71.0 Å². The Morgan fingerprint density at radius 2 is 0.802 bits per heavy atom. The summed E-state index contributed by atoms with van der Waals surface area (Å²) in [4.78, 5) is 82.6. The van der Waals surface area contributed by atoms with E-state index in [0.717, 1.165) is 19.3 Å². The molecule has 12 aromatic rings. The average molecular weight is 1690 g/mol. The highest BCUT2D eigenvalue weighted by atomic mass is 32.2. The molecule has 0 saturated carbocycles. The number of benzene rings is 8. The van der Waals surface area contributed by atoms with E-state index in [1.165, 1.54) is 91.5 Å². The maximum absolute atomic E-state index is 14.6. The number of sulfonamides is 1. The van der Waals surface area contributed by atoms with E-state index in [1.54, 1.807) is 161 Å². The van der Waals surface area contributed by atoms with Gasteiger partial charge in [-0.2, -0.15) is 5.10 Å². The number of rotatable bonds is 18. The first-order valence-electron chi connectivity index (χ1n) is 38.5. The molecule has 5 fully saturated rings. The third-order valence-corrected chi connectivity index (χ3v) is 22.5. The second kappa shape index (κ2) is 37.2. The fourth-order valence-corrected chi connectivity index (χ4v) is 14.7. The molecule has 5 saturated heterocycles. The van der Waals surface area contributed by atoms with Gasteiger partial charge in [0.15, 0.2) is 11.3 Å². The smallest absolute Gasteiger partial charge is 0.414 e. The molecule has 5 aliphatic rings. The van der Waals surface area contributed by atoms with Crippen molar-refractivity contribution in [3.05, 3.63) is 248 Å². The van der Waals surface area contributed by atoms with Crippen LogP contribution in [0.5, 0.6) is 0 Å². The third-order valence-electron chi connectivity index (χ3n) is 20.6. The van der Waals surface area contributed by atoms with Crippen molar-refractivity contribution in [2.24, 2.45) is 10.9 Å². The molecule has 5 aliphatic heterocycles. The summed E-state index contributed by atoms with van der Waals surface area (Å²) in [5, 5.41) is 16.8. The van der Waals surface area contributed by atoms with Crippen LogP contribution in [0.1, 0.15) is 77.1 Å². The molecule has 4 N–H and O–H groups in total. The molecule has 0 spiro atoms. The number of carbonyl (C=O) groups is 6. The molecule has 9 heterocycles. The number of pyridine rings is 2. The van der Waals surface area contributed by atoms with Gasteiger partial charge >= 0.3 is 30.5 Å². The SMILES string of the molecule is CC[C@H]1CN(c2ccc(-c3ccc(S(C)=O)cc3)c(F)c2)C(=O)O1.CC[C@H]1CN(c2ccc(-c3ccc(S(N)(=O)=O)cc3)c(F)c2)C(=O)O1.CC[C@H]1CN(c2ccc(-c3ccc4nncn4c3)c(F)c2)C(=O)O1.CC[C@H]1CN(c2ccc(-c3cccc(C(N)=O)c3)c(F)c2)C(=O)O1.CC[C@H]1CN(c2ccc(-c3ccn4ncnc4c3)c(F)c2)C(=O)O1. The van der Waals surface area contributed by atoms with Gasteiger partial charge in [0.1, 0.15) is 72.3 Å². The molecule has 1 unspecified atom stereocenters. The first-order valence-corrected chi connectivity index (χ1v) is 41.6. The number of halogens is 5. The molecule has 34 heteroatoms. The summed E-state index contributed by atoms with van der Waals surface area (Å²) in [5.41, 5.74) is 14.4. The van der Waals surface area contributed by atoms with Crippen LogP contribution in [-0.2, 0) is 44.5 Å². The number of fused-ring (bicyclic) bond motifs is 2. The largest absolute Gasteiger partial charge is 0.444 e. The molecular formula is C87H82F5N13O14S2. The number of carbonyl (C=O) groups excluding carboxylic acids is 6. The molecule has 0 bridgehead atoms. The van der Waals surface area contributed by atoms with Crippen molar-refractivity contribution in [1.29, 1.82) is 0 Å². The van der Waals surface area contributed by atoms with Gasteiger partial charge in [-0.3, -0.25) is 37.9 Å². The molecule has 4 aromatic heterocycles. The van der Waals surface area contributed by atoms with Crippen LogP contribution in [-0.4, -0.2) is 148 Å². The Kier molecular flexibility index (Phi) is 26.3. The zero-order chi connectivity index (χ0) is 86.1. The maximum Gasteiger partial charge on any atom is 0.414 e. The normalized spacial score (nSPS) is 17.6. The minimum absolute atomic E-state index is 0.0429. The summed E-state index contributed by atoms with van der Waals surface area (Å²) in [7, 11) is -4.86. The monoisotopic (exact) mass is 1690 g/mol. The molecule has 0 aliphatic carbocycles. The molecule has 626 valence electrons. The summed E-state index contributed by atoms with van der Waals surface area (Å²) in [5.74, 6) is -2.78. The lowest BCUT2D eigenvalue weighted by molar-refractivity contribution is 0.0999. The van der Waals surface area contributed by atoms with Crippen LogP contribution >= 0.6 is 0 Å². The van der Waals surface area contributed by atoms with Crippen LogP contribution in [0.3, 0.4) is 0 Å². The van der Waals surface area contributed by atoms with E-state index < -0.39 is 86.3 Å². The van der Waals surface area contributed by atoms with Crippen LogP contribution < -0.4 is 35.4 Å². The Morgan fingerprint density at radius 1 is 0.446 bits per heavy atom. The Morgan fingerprint density at radius 3 is 1.15 bits per heavy atom. The first kappa shape index (κ1) is 85.4. The lowest BCUT2D eigenvalue weighted by atomic mass is 10.0. The van der Waals surface area contributed by atoms with Gasteiger partial charge in [-0.05, 0) is 206 Å². The highest BCUT2D eigenvalue weighted by molar-refractivity contribution is 7.89. The second-order valence-corrected chi connectivity index (χ2v) is 31.4. The average Bonchev–Trinajstić information content (AvgIpc) is 1.73. The number of nitrogens with zero attached hydrogens (tertiary/aromatic N) is 11. The summed E-state index contributed by atoms with van der Waals surface area (Å²) in [6.45, 7) is 11.8. The van der Waals surface area contributed by atoms with E-state index in [-0.39, 0.29) is 35.4 Å². The highest BCUT2D eigenvalue weighted by Gasteiger charge is 2.37. The summed E-state index contributed by atoms with van der Waals surface area (Å²) in [6.07, 6.45) is 8.66. The van der Waals surface area contributed by atoms with E-state index in [0.29, 0.717) is 151 Å². The Labute approximate surface area is 694 Å². The molecule has 8 aromatic carbocycles. The second-order valence-electron chi connectivity index (χ2n) is 28.4. The van der Waals surface area contributed by atoms with Crippen LogP contribution in [0.4, 0.5) is 74.4 Å². The van der Waals surface area contributed by atoms with E-state index in [2.05, 4.69) is 20.3 Å². The Balaban J connectivity index is 0.000000131. The first-order chi connectivity index (χ1) is 58.1. The standard InChI is InChI=1S/C18H17FN2O3.C18H18FNO3S.2C17H15FN4O2.C17H17FN2O4S/c1-2-14-10-21(18(23)24-14)13-6-7-15(16(19)9-13)11-4-3-5-12(8-11)17(20)22;1-3-14-11-20(18(21)23-14)13-6-9-16(17(19)10-13)12-4-7-15(8-5-12)24(2)22;1-2-13-9-22(17(23)24-13)12-4-5-14(15(18)7-12)11-3-6-16-20-19-10-21(16)8-11;1-2-13-9-21(17(23)24-13)12-3-4-14(15(18)8-12)11-5-6-22-16(7-11)19-10-20-22;1-2-13-10-20(17(21)24-13)12-5-8-15(16(18)9-12)11-3-6-14(7-4-11)25(19,22)23/h3-9,14H,2,10H2,1H3,(H2,20,22);4-10,14H,3,11H2,1-2H3;2*3-8,10,13H,2,9H2,1H3;3-9,13H,2,10H2,1H3,(H2,19,22,23)/t14-;14-,24?;3*13-/m00000/s1. The van der Waals surface area contributed by atoms with E-state index in [4.69, 9.17) is 34.6 Å². The summed E-state index contributed by atoms with van der Waals surface area (Å²) in [6, 6.07) is 49.3. The Bertz CT molecular complexity index is 5900. The van der Waals surface area contributed by atoms with Crippen molar-refractivity contribution in [1.82, 2.24) is 29.2 Å². The number of hydrogen-bond acceptors (Lipinski definition) is 18. The molecule has 121 heavy (non-hydrogen) atoms. The Hall–Kier alpha value is -13.5. The quantitative estimate of drug-likeness (QED) is 0.0595. The van der Waals surface area contributed by atoms with Gasteiger partial charge in [0.05, 0.1) is 66.1 Å². The third kappa shape index (κ3) is 19.6. The van der Waals surface area contributed by atoms with Crippen molar-refractivity contribution < 1.29 is 87.0 Å². The number of primary amides is 1. The molecule has 0 radical (unpaired) electrons. The van der Waals surface area contributed by atoms with Gasteiger partial charge in [-0.25, -0.2) is 69.0 Å². The number of primary sulfonamides is 1. The summed E-state index contributed by atoms with van der Waals surface area (Å²) >= 11 is 0. The van der Waals surface area contributed by atoms with Gasteiger partial charge in [0.25, 0.3) is 0 Å². The van der Waals surface area contributed by atoms with Gasteiger partial charge in [0, 0.05) is 73.3 Å². The molecule has 17 rings (SSSR count). The highest BCUT2D eigenvalue weighted by Crippen LogP contribution is 2.37. The van der Waals surface area contributed by atoms with Gasteiger partial charge in [-0.15, -0.1) is 10.2 Å². The van der Waals surface area contributed by atoms with E-state index >= 15 is 0 Å². The van der Waals surface area contributed by atoms with Gasteiger partial charge < -0.3 is 29.4 Å². The minimum atomic E-state index is -3.80. The van der Waals surface area contributed by atoms with Crippen molar-refractivity contribution in [2.45, 2.75) is 107 Å². The number of aromatic nitrogens is 6. The molecule has 6 atom stereocenters. The number of hydrogen-bond donors (Lipinski definition) is 2. The van der Waals surface area contributed by atoms with Crippen molar-refractivity contribution in [2.75, 3.05) is 63.5 Å². The van der Waals surface area contributed by atoms with E-state index in [9.17, 15) is 63.3 Å². The van der Waals surface area contributed by atoms with Crippen LogP contribution in [0, 0.1) is 29.1 Å². The van der Waals surface area contributed by atoms with E-state index in [1.807, 2.05) is 34.6 Å². The predicted octanol–water partition coefficient (Wildman–Crippen LogP) is 16.7. The zero-order valence-electron chi connectivity index (χ0n) is 66.2. The number of amides is 6. The lowest BCUT2D eigenvalue weighted by Crippen LogP contribution is -2.24.